The number of rotatable bonds is 9. The predicted octanol–water partition coefficient (Wildman–Crippen LogP) is 3.09. The summed E-state index contributed by atoms with van der Waals surface area (Å²) in [4.78, 5) is 15.3. The molecule has 0 N–H and O–H groups in total. The van der Waals surface area contributed by atoms with E-state index in [0.29, 0.717) is 11.6 Å². The van der Waals surface area contributed by atoms with Crippen LogP contribution in [0.4, 0.5) is 0 Å². The predicted molar refractivity (Wildman–Crippen MR) is 64.6 cm³/mol. The van der Waals surface area contributed by atoms with Gasteiger partial charge in [-0.2, -0.15) is 0 Å². The number of carbonyl (C=O) groups excluding carboxylic acids is 1. The van der Waals surface area contributed by atoms with E-state index in [1.54, 1.807) is 0 Å². The van der Waals surface area contributed by atoms with Crippen molar-refractivity contribution in [3.05, 3.63) is 0 Å². The van der Waals surface area contributed by atoms with Crippen molar-refractivity contribution in [1.82, 2.24) is 0 Å². The molecule has 0 atom stereocenters. The van der Waals surface area contributed by atoms with Gasteiger partial charge >= 0.3 is 5.97 Å². The van der Waals surface area contributed by atoms with Gasteiger partial charge in [0.1, 0.15) is 12.3 Å². The van der Waals surface area contributed by atoms with E-state index in [-0.39, 0.29) is 5.97 Å². The van der Waals surface area contributed by atoms with E-state index < -0.39 is 0 Å². The van der Waals surface area contributed by atoms with Gasteiger partial charge in [0, 0.05) is 12.8 Å². The van der Waals surface area contributed by atoms with Crippen molar-refractivity contribution in [3.8, 4) is 0 Å². The van der Waals surface area contributed by atoms with Gasteiger partial charge in [0.05, 0.1) is 7.11 Å². The van der Waals surface area contributed by atoms with Gasteiger partial charge in [-0.15, -0.1) is 0 Å². The molecular weight excluding hydrogens is 230 g/mol. The molecule has 0 aliphatic carbocycles. The molecule has 0 aromatic carbocycles. The van der Waals surface area contributed by atoms with E-state index in [1.807, 2.05) is 0 Å². The van der Waals surface area contributed by atoms with Crippen LogP contribution in [0, 0.1) is 0 Å². The molecule has 0 aliphatic rings. The standard InChI is InChI=1S/C11H20ClNO3/c1-15-11(14)9-7-5-3-4-6-8-10(12)13-16-2/h3-9H2,1-2H3/b13-10-. The molecule has 0 fully saturated rings. The molecule has 16 heavy (non-hydrogen) atoms. The zero-order valence-corrected chi connectivity index (χ0v) is 10.8. The zero-order chi connectivity index (χ0) is 12.2. The molecule has 0 radical (unpaired) electrons. The molecule has 0 heterocycles. The Kier molecular flexibility index (Phi) is 10.2. The van der Waals surface area contributed by atoms with Gasteiger partial charge in [-0.25, -0.2) is 0 Å². The third-order valence-corrected chi connectivity index (χ3v) is 2.44. The van der Waals surface area contributed by atoms with E-state index in [0.717, 1.165) is 38.5 Å². The van der Waals surface area contributed by atoms with Crippen molar-refractivity contribution in [2.24, 2.45) is 5.16 Å². The Morgan fingerprint density at radius 2 is 1.62 bits per heavy atom. The minimum Gasteiger partial charge on any atom is -0.469 e. The van der Waals surface area contributed by atoms with Gasteiger partial charge < -0.3 is 9.57 Å². The smallest absolute Gasteiger partial charge is 0.305 e. The van der Waals surface area contributed by atoms with E-state index in [2.05, 4.69) is 14.7 Å². The normalized spacial score (nSPS) is 11.3. The molecule has 0 bridgehead atoms. The summed E-state index contributed by atoms with van der Waals surface area (Å²) in [5, 5.41) is 4.12. The van der Waals surface area contributed by atoms with Crippen LogP contribution in [0.25, 0.3) is 0 Å². The molecule has 0 saturated carbocycles. The number of methoxy groups -OCH3 is 1. The van der Waals surface area contributed by atoms with Gasteiger partial charge in [0.2, 0.25) is 0 Å². The summed E-state index contributed by atoms with van der Waals surface area (Å²) in [6.45, 7) is 0. The van der Waals surface area contributed by atoms with Crippen molar-refractivity contribution in [2.75, 3.05) is 14.2 Å². The van der Waals surface area contributed by atoms with E-state index in [1.165, 1.54) is 14.2 Å². The number of esters is 1. The van der Waals surface area contributed by atoms with Gasteiger partial charge in [-0.1, -0.05) is 36.0 Å². The van der Waals surface area contributed by atoms with Gasteiger partial charge in [-0.3, -0.25) is 4.79 Å². The van der Waals surface area contributed by atoms with Gasteiger partial charge in [0.15, 0.2) is 0 Å². The number of oxime groups is 1. The zero-order valence-electron chi connectivity index (χ0n) is 10.00. The average Bonchev–Trinajstić information content (AvgIpc) is 2.27. The maximum absolute atomic E-state index is 10.8. The first-order valence-corrected chi connectivity index (χ1v) is 5.90. The third kappa shape index (κ3) is 9.77. The fraction of sp³-hybridized carbons (Fsp3) is 0.818. The van der Waals surface area contributed by atoms with Crippen molar-refractivity contribution in [1.29, 1.82) is 0 Å². The second-order valence-corrected chi connectivity index (χ2v) is 3.93. The Bertz CT molecular complexity index is 219. The van der Waals surface area contributed by atoms with Crippen LogP contribution in [0.3, 0.4) is 0 Å². The van der Waals surface area contributed by atoms with Crippen molar-refractivity contribution < 1.29 is 14.4 Å². The molecular formula is C11H20ClNO3. The monoisotopic (exact) mass is 249 g/mol. The van der Waals surface area contributed by atoms with E-state index in [4.69, 9.17) is 11.6 Å². The van der Waals surface area contributed by atoms with Crippen LogP contribution in [0.15, 0.2) is 5.16 Å². The quantitative estimate of drug-likeness (QED) is 0.273. The number of halogens is 1. The highest BCUT2D eigenvalue weighted by atomic mass is 35.5. The van der Waals surface area contributed by atoms with Crippen LogP contribution in [0.2, 0.25) is 0 Å². The summed E-state index contributed by atoms with van der Waals surface area (Å²) in [5.74, 6) is -0.129. The fourth-order valence-corrected chi connectivity index (χ4v) is 1.52. The summed E-state index contributed by atoms with van der Waals surface area (Å²) in [6, 6.07) is 0. The highest BCUT2D eigenvalue weighted by molar-refractivity contribution is 6.65. The highest BCUT2D eigenvalue weighted by Gasteiger charge is 1.99. The van der Waals surface area contributed by atoms with Crippen LogP contribution in [-0.4, -0.2) is 25.4 Å². The number of carbonyl (C=O) groups is 1. The molecule has 0 aromatic heterocycles. The SMILES string of the molecule is CO/N=C(\Cl)CCCCCCCC(=O)OC. The minimum atomic E-state index is -0.129. The summed E-state index contributed by atoms with van der Waals surface area (Å²) in [7, 11) is 2.90. The summed E-state index contributed by atoms with van der Waals surface area (Å²) < 4.78 is 4.55. The molecule has 94 valence electrons. The Hall–Kier alpha value is -0.770. The third-order valence-electron chi connectivity index (χ3n) is 2.18. The molecule has 0 aromatic rings. The number of hydrogen-bond acceptors (Lipinski definition) is 4. The van der Waals surface area contributed by atoms with Gasteiger partial charge in [-0.05, 0) is 12.8 Å². The Morgan fingerprint density at radius 3 is 2.19 bits per heavy atom. The lowest BCUT2D eigenvalue weighted by molar-refractivity contribution is -0.140. The fourth-order valence-electron chi connectivity index (χ4n) is 1.32. The second kappa shape index (κ2) is 10.7. The number of ether oxygens (including phenoxy) is 1. The molecule has 0 saturated heterocycles. The average molecular weight is 250 g/mol. The maximum Gasteiger partial charge on any atom is 0.305 e. The molecule has 0 amide bonds. The first-order valence-electron chi connectivity index (χ1n) is 5.53. The van der Waals surface area contributed by atoms with Crippen LogP contribution < -0.4 is 0 Å². The lowest BCUT2D eigenvalue weighted by Gasteiger charge is -2.00. The molecule has 0 rings (SSSR count). The van der Waals surface area contributed by atoms with Crippen molar-refractivity contribution >= 4 is 22.7 Å². The first-order chi connectivity index (χ1) is 7.70. The topological polar surface area (TPSA) is 47.9 Å². The number of nitrogens with zero attached hydrogens (tertiary/aromatic N) is 1. The van der Waals surface area contributed by atoms with Gasteiger partial charge in [0.25, 0.3) is 0 Å². The summed E-state index contributed by atoms with van der Waals surface area (Å²) in [6.07, 6.45) is 6.42. The van der Waals surface area contributed by atoms with Crippen molar-refractivity contribution in [2.45, 2.75) is 44.9 Å². The summed E-state index contributed by atoms with van der Waals surface area (Å²) >= 11 is 5.75. The summed E-state index contributed by atoms with van der Waals surface area (Å²) in [5.41, 5.74) is 0. The molecule has 0 aliphatic heterocycles. The van der Waals surface area contributed by atoms with E-state index in [9.17, 15) is 4.79 Å². The molecule has 5 heteroatoms. The molecule has 4 nitrogen and oxygen atoms in total. The Labute approximate surface area is 102 Å². The Morgan fingerprint density at radius 1 is 1.06 bits per heavy atom. The lowest BCUT2D eigenvalue weighted by Crippen LogP contribution is -1.99. The second-order valence-electron chi connectivity index (χ2n) is 3.49. The molecule has 0 spiro atoms. The largest absolute Gasteiger partial charge is 0.469 e. The van der Waals surface area contributed by atoms with Crippen LogP contribution in [0.1, 0.15) is 44.9 Å². The van der Waals surface area contributed by atoms with Crippen molar-refractivity contribution in [3.63, 3.8) is 0 Å². The lowest BCUT2D eigenvalue weighted by atomic mass is 10.1. The minimum absolute atomic E-state index is 0.129. The van der Waals surface area contributed by atoms with Crippen LogP contribution in [0.5, 0.6) is 0 Å². The van der Waals surface area contributed by atoms with Crippen LogP contribution in [-0.2, 0) is 14.4 Å². The van der Waals surface area contributed by atoms with Crippen LogP contribution >= 0.6 is 11.6 Å². The molecule has 0 unspecified atom stereocenters. The maximum atomic E-state index is 10.8. The first kappa shape index (κ1) is 15.2. The van der Waals surface area contributed by atoms with E-state index >= 15 is 0 Å². The Balaban J connectivity index is 3.22. The number of hydrogen-bond donors (Lipinski definition) is 0. The number of unbranched alkanes of at least 4 members (excludes halogenated alkanes) is 4. The highest BCUT2D eigenvalue weighted by Crippen LogP contribution is 2.09.